The highest BCUT2D eigenvalue weighted by atomic mass is 16.3. The van der Waals surface area contributed by atoms with Crippen molar-refractivity contribution in [2.75, 3.05) is 0 Å². The fraction of sp³-hybridized carbons (Fsp3) is 0.538. The summed E-state index contributed by atoms with van der Waals surface area (Å²) < 4.78 is 0. The van der Waals surface area contributed by atoms with Gasteiger partial charge in [0.05, 0.1) is 0 Å². The van der Waals surface area contributed by atoms with Crippen LogP contribution in [0.2, 0.25) is 0 Å². The normalized spacial score (nSPS) is 35.0. The molecule has 0 radical (unpaired) electrons. The topological polar surface area (TPSA) is 20.2 Å². The zero-order valence-corrected chi connectivity index (χ0v) is 8.32. The van der Waals surface area contributed by atoms with E-state index >= 15 is 0 Å². The van der Waals surface area contributed by atoms with E-state index in [0.717, 1.165) is 11.8 Å². The highest BCUT2D eigenvalue weighted by molar-refractivity contribution is 5.36. The molecule has 1 N–H and O–H groups in total. The van der Waals surface area contributed by atoms with Crippen molar-refractivity contribution in [1.29, 1.82) is 0 Å². The third-order valence-corrected chi connectivity index (χ3v) is 4.07. The number of aromatic hydroxyl groups is 1. The highest BCUT2D eigenvalue weighted by Crippen LogP contribution is 2.54. The minimum atomic E-state index is 0.505. The zero-order chi connectivity index (χ0) is 9.54. The van der Waals surface area contributed by atoms with Gasteiger partial charge < -0.3 is 5.11 Å². The molecule has 3 atom stereocenters. The lowest BCUT2D eigenvalue weighted by Gasteiger charge is -2.22. The van der Waals surface area contributed by atoms with Gasteiger partial charge in [0.2, 0.25) is 0 Å². The fourth-order valence-electron chi connectivity index (χ4n) is 3.43. The number of phenols is 1. The molecule has 0 amide bonds. The molecule has 2 aliphatic rings. The van der Waals surface area contributed by atoms with E-state index in [1.807, 2.05) is 18.2 Å². The number of rotatable bonds is 1. The van der Waals surface area contributed by atoms with E-state index in [0.29, 0.717) is 11.7 Å². The van der Waals surface area contributed by atoms with Crippen LogP contribution in [-0.2, 0) is 0 Å². The first-order chi connectivity index (χ1) is 6.84. The lowest BCUT2D eigenvalue weighted by Crippen LogP contribution is -2.08. The molecule has 0 spiro atoms. The quantitative estimate of drug-likeness (QED) is 0.717. The Morgan fingerprint density at radius 2 is 1.93 bits per heavy atom. The van der Waals surface area contributed by atoms with Crippen LogP contribution in [-0.4, -0.2) is 5.11 Å². The summed E-state index contributed by atoms with van der Waals surface area (Å²) in [5, 5.41) is 9.80. The number of benzene rings is 1. The molecule has 2 aliphatic carbocycles. The van der Waals surface area contributed by atoms with Crippen LogP contribution in [0.3, 0.4) is 0 Å². The van der Waals surface area contributed by atoms with Crippen molar-refractivity contribution in [2.24, 2.45) is 11.8 Å². The summed E-state index contributed by atoms with van der Waals surface area (Å²) in [6.07, 6.45) is 5.51. The van der Waals surface area contributed by atoms with E-state index in [1.165, 1.54) is 31.2 Å². The van der Waals surface area contributed by atoms with Crippen LogP contribution in [0.5, 0.6) is 5.75 Å². The minimum absolute atomic E-state index is 0.505. The van der Waals surface area contributed by atoms with E-state index in [9.17, 15) is 5.11 Å². The van der Waals surface area contributed by atoms with Gasteiger partial charge in [-0.2, -0.15) is 0 Å². The van der Waals surface area contributed by atoms with E-state index in [1.54, 1.807) is 0 Å². The minimum Gasteiger partial charge on any atom is -0.508 e. The Morgan fingerprint density at radius 1 is 1.07 bits per heavy atom. The van der Waals surface area contributed by atoms with Crippen LogP contribution < -0.4 is 0 Å². The van der Waals surface area contributed by atoms with Gasteiger partial charge in [0.15, 0.2) is 0 Å². The molecule has 0 aromatic heterocycles. The first kappa shape index (κ1) is 8.34. The lowest BCUT2D eigenvalue weighted by molar-refractivity contribution is 0.397. The Hall–Kier alpha value is -0.980. The van der Waals surface area contributed by atoms with Gasteiger partial charge in [-0.15, -0.1) is 0 Å². The predicted octanol–water partition coefficient (Wildman–Crippen LogP) is 3.30. The summed E-state index contributed by atoms with van der Waals surface area (Å²) >= 11 is 0. The summed E-state index contributed by atoms with van der Waals surface area (Å²) in [4.78, 5) is 0. The van der Waals surface area contributed by atoms with Crippen molar-refractivity contribution < 1.29 is 5.11 Å². The smallest absolute Gasteiger partial charge is 0.119 e. The average Bonchev–Trinajstić information content (AvgIpc) is 2.79. The first-order valence-corrected chi connectivity index (χ1v) is 5.62. The third kappa shape index (κ3) is 1.15. The highest BCUT2D eigenvalue weighted by Gasteiger charge is 2.40. The van der Waals surface area contributed by atoms with E-state index in [4.69, 9.17) is 0 Å². The van der Waals surface area contributed by atoms with Gasteiger partial charge in [0, 0.05) is 0 Å². The molecule has 2 saturated carbocycles. The standard InChI is InChI=1S/C13H16O/c14-13-4-2-1-3-11(13)12-8-9-5-6-10(12)7-9/h1-4,9-10,12,14H,5-8H2. The van der Waals surface area contributed by atoms with Crippen LogP contribution in [0.25, 0.3) is 0 Å². The fourth-order valence-corrected chi connectivity index (χ4v) is 3.43. The van der Waals surface area contributed by atoms with Crippen molar-refractivity contribution in [3.05, 3.63) is 29.8 Å². The Morgan fingerprint density at radius 3 is 2.57 bits per heavy atom. The maximum atomic E-state index is 9.80. The molecule has 74 valence electrons. The average molecular weight is 188 g/mol. The van der Waals surface area contributed by atoms with Gasteiger partial charge in [-0.25, -0.2) is 0 Å². The molecule has 0 saturated heterocycles. The third-order valence-electron chi connectivity index (χ3n) is 4.07. The molecule has 1 nitrogen and oxygen atoms in total. The summed E-state index contributed by atoms with van der Waals surface area (Å²) in [6.45, 7) is 0. The molecule has 1 aromatic rings. The first-order valence-electron chi connectivity index (χ1n) is 5.62. The number of para-hydroxylation sites is 1. The maximum absolute atomic E-state index is 9.80. The van der Waals surface area contributed by atoms with Crippen molar-refractivity contribution in [2.45, 2.75) is 31.6 Å². The summed E-state index contributed by atoms with van der Waals surface area (Å²) in [5.41, 5.74) is 1.19. The van der Waals surface area contributed by atoms with Crippen LogP contribution in [0.4, 0.5) is 0 Å². The van der Waals surface area contributed by atoms with E-state index in [2.05, 4.69) is 6.07 Å². The van der Waals surface area contributed by atoms with Crippen molar-refractivity contribution >= 4 is 0 Å². The van der Waals surface area contributed by atoms with Crippen LogP contribution in [0.15, 0.2) is 24.3 Å². The monoisotopic (exact) mass is 188 g/mol. The number of hydrogen-bond donors (Lipinski definition) is 1. The summed E-state index contributed by atoms with van der Waals surface area (Å²) in [5.74, 6) is 2.96. The van der Waals surface area contributed by atoms with Gasteiger partial charge >= 0.3 is 0 Å². The molecule has 1 heteroatoms. The van der Waals surface area contributed by atoms with E-state index < -0.39 is 0 Å². The zero-order valence-electron chi connectivity index (χ0n) is 8.32. The predicted molar refractivity (Wildman–Crippen MR) is 56.3 cm³/mol. The maximum Gasteiger partial charge on any atom is 0.119 e. The van der Waals surface area contributed by atoms with Gasteiger partial charge in [-0.3, -0.25) is 0 Å². The molecule has 0 heterocycles. The molecule has 3 unspecified atom stereocenters. The van der Waals surface area contributed by atoms with Crippen molar-refractivity contribution in [1.82, 2.24) is 0 Å². The van der Waals surface area contributed by atoms with Gasteiger partial charge in [0.25, 0.3) is 0 Å². The van der Waals surface area contributed by atoms with Crippen LogP contribution >= 0.6 is 0 Å². The molecule has 1 aromatic carbocycles. The number of fused-ring (bicyclic) bond motifs is 2. The Kier molecular flexibility index (Phi) is 1.79. The lowest BCUT2D eigenvalue weighted by atomic mass is 9.83. The summed E-state index contributed by atoms with van der Waals surface area (Å²) in [6, 6.07) is 7.87. The Balaban J connectivity index is 1.93. The second kappa shape index (κ2) is 3.01. The van der Waals surface area contributed by atoms with Crippen LogP contribution in [0.1, 0.15) is 37.2 Å². The van der Waals surface area contributed by atoms with Crippen LogP contribution in [0, 0.1) is 11.8 Å². The SMILES string of the molecule is Oc1ccccc1C1CC2CCC1C2. The molecule has 2 bridgehead atoms. The Labute approximate surface area is 84.8 Å². The van der Waals surface area contributed by atoms with Crippen molar-refractivity contribution in [3.63, 3.8) is 0 Å². The van der Waals surface area contributed by atoms with Gasteiger partial charge in [0.1, 0.15) is 5.75 Å². The van der Waals surface area contributed by atoms with Gasteiger partial charge in [-0.1, -0.05) is 24.6 Å². The second-order valence-electron chi connectivity index (χ2n) is 4.84. The second-order valence-corrected chi connectivity index (χ2v) is 4.84. The van der Waals surface area contributed by atoms with Gasteiger partial charge in [-0.05, 0) is 48.6 Å². The summed E-state index contributed by atoms with van der Waals surface area (Å²) in [7, 11) is 0. The molecular formula is C13H16O. The number of phenolic OH excluding ortho intramolecular Hbond substituents is 1. The molecule has 2 fully saturated rings. The largest absolute Gasteiger partial charge is 0.508 e. The van der Waals surface area contributed by atoms with E-state index in [-0.39, 0.29) is 0 Å². The number of hydrogen-bond acceptors (Lipinski definition) is 1. The van der Waals surface area contributed by atoms with Crippen molar-refractivity contribution in [3.8, 4) is 5.75 Å². The molecular weight excluding hydrogens is 172 g/mol. The molecule has 3 rings (SSSR count). The molecule has 14 heavy (non-hydrogen) atoms. The Bertz CT molecular complexity index is 345. The molecule has 0 aliphatic heterocycles.